The van der Waals surface area contributed by atoms with Gasteiger partial charge < -0.3 is 14.6 Å². The topological polar surface area (TPSA) is 76.1 Å². The number of amides is 1. The Kier molecular flexibility index (Phi) is 6.99. The van der Waals surface area contributed by atoms with Crippen molar-refractivity contribution in [3.05, 3.63) is 94.6 Å². The zero-order valence-electron chi connectivity index (χ0n) is 21.2. The number of Topliss-reactive ketones (excluding diaryl/α,β-unsaturated/α-hetero) is 1. The van der Waals surface area contributed by atoms with Crippen LogP contribution < -0.4 is 14.4 Å². The number of carbonyl (C=O) groups is 2. The van der Waals surface area contributed by atoms with Crippen molar-refractivity contribution in [1.29, 1.82) is 0 Å². The third-order valence-corrected chi connectivity index (χ3v) is 6.98. The fourth-order valence-electron chi connectivity index (χ4n) is 5.25. The predicted molar refractivity (Wildman–Crippen MR) is 143 cm³/mol. The summed E-state index contributed by atoms with van der Waals surface area (Å²) in [5.41, 5.74) is 4.32. The quantitative estimate of drug-likeness (QED) is 0.247. The van der Waals surface area contributed by atoms with Gasteiger partial charge in [0.15, 0.2) is 0 Å². The highest BCUT2D eigenvalue weighted by molar-refractivity contribution is 6.51. The molecule has 1 aliphatic carbocycles. The van der Waals surface area contributed by atoms with Gasteiger partial charge in [0.2, 0.25) is 0 Å². The van der Waals surface area contributed by atoms with Crippen LogP contribution in [0.15, 0.2) is 72.3 Å². The summed E-state index contributed by atoms with van der Waals surface area (Å²) in [6.45, 7) is 4.80. The van der Waals surface area contributed by atoms with E-state index in [9.17, 15) is 14.7 Å². The normalized spacial score (nSPS) is 18.5. The number of ether oxygens (including phenoxy) is 2. The minimum atomic E-state index is -0.802. The SMILES string of the molecule is CCOc1ccc(C2/C(=C(/O)c3ccc4c(c3)CCCC4)C(=O)C(=O)N2c2cccc(OCC)c2)cc1. The van der Waals surface area contributed by atoms with Crippen molar-refractivity contribution >= 4 is 23.1 Å². The molecule has 37 heavy (non-hydrogen) atoms. The third-order valence-electron chi connectivity index (χ3n) is 6.98. The van der Waals surface area contributed by atoms with Gasteiger partial charge in [0.1, 0.15) is 17.3 Å². The van der Waals surface area contributed by atoms with Crippen LogP contribution in [0.1, 0.15) is 55.0 Å². The first-order valence-electron chi connectivity index (χ1n) is 12.9. The second-order valence-electron chi connectivity index (χ2n) is 9.29. The molecule has 1 heterocycles. The number of anilines is 1. The van der Waals surface area contributed by atoms with E-state index in [1.807, 2.05) is 62.4 Å². The van der Waals surface area contributed by atoms with Crippen molar-refractivity contribution in [1.82, 2.24) is 0 Å². The minimum Gasteiger partial charge on any atom is -0.507 e. The summed E-state index contributed by atoms with van der Waals surface area (Å²) in [7, 11) is 0. The van der Waals surface area contributed by atoms with Crippen molar-refractivity contribution in [2.75, 3.05) is 18.1 Å². The van der Waals surface area contributed by atoms with Gasteiger partial charge in [-0.25, -0.2) is 0 Å². The summed E-state index contributed by atoms with van der Waals surface area (Å²) >= 11 is 0. The van der Waals surface area contributed by atoms with Gasteiger partial charge in [0.25, 0.3) is 11.7 Å². The number of fused-ring (bicyclic) bond motifs is 1. The molecule has 3 aromatic rings. The van der Waals surface area contributed by atoms with Gasteiger partial charge in [-0.2, -0.15) is 0 Å². The molecule has 3 aromatic carbocycles. The summed E-state index contributed by atoms with van der Waals surface area (Å²) in [5.74, 6) is -0.268. The van der Waals surface area contributed by atoms with Crippen molar-refractivity contribution in [2.45, 2.75) is 45.6 Å². The number of aliphatic hydroxyl groups excluding tert-OH is 1. The highest BCUT2D eigenvalue weighted by Crippen LogP contribution is 2.43. The van der Waals surface area contributed by atoms with E-state index in [0.29, 0.717) is 41.5 Å². The van der Waals surface area contributed by atoms with E-state index in [1.165, 1.54) is 16.0 Å². The Hall–Kier alpha value is -4.06. The lowest BCUT2D eigenvalue weighted by Crippen LogP contribution is -2.29. The van der Waals surface area contributed by atoms with Gasteiger partial charge >= 0.3 is 0 Å². The highest BCUT2D eigenvalue weighted by atomic mass is 16.5. The second-order valence-corrected chi connectivity index (χ2v) is 9.29. The molecule has 1 atom stereocenters. The van der Waals surface area contributed by atoms with E-state index in [2.05, 4.69) is 0 Å². The first kappa shape index (κ1) is 24.6. The Balaban J connectivity index is 1.65. The summed E-state index contributed by atoms with van der Waals surface area (Å²) < 4.78 is 11.2. The zero-order valence-corrected chi connectivity index (χ0v) is 21.2. The lowest BCUT2D eigenvalue weighted by Gasteiger charge is -2.26. The van der Waals surface area contributed by atoms with Crippen LogP contribution in [-0.4, -0.2) is 30.0 Å². The molecule has 6 nitrogen and oxygen atoms in total. The third kappa shape index (κ3) is 4.71. The van der Waals surface area contributed by atoms with Gasteiger partial charge in [-0.05, 0) is 86.6 Å². The van der Waals surface area contributed by atoms with Crippen molar-refractivity contribution in [3.63, 3.8) is 0 Å². The molecule has 2 aliphatic rings. The Bertz CT molecular complexity index is 1360. The molecule has 1 aliphatic heterocycles. The standard InChI is InChI=1S/C31H31NO5/c1-3-36-25-16-14-21(15-17-25)28-27(29(33)23-13-12-20-8-5-6-9-22(20)18-23)30(34)31(35)32(28)24-10-7-11-26(19-24)37-4-2/h7,10-19,28,33H,3-6,8-9H2,1-2H3/b29-27-. The van der Waals surface area contributed by atoms with Crippen LogP contribution >= 0.6 is 0 Å². The van der Waals surface area contributed by atoms with E-state index in [4.69, 9.17) is 9.47 Å². The molecule has 0 aromatic heterocycles. The lowest BCUT2D eigenvalue weighted by molar-refractivity contribution is -0.132. The van der Waals surface area contributed by atoms with Crippen LogP contribution in [0.5, 0.6) is 11.5 Å². The average Bonchev–Trinajstić information content (AvgIpc) is 3.19. The van der Waals surface area contributed by atoms with Gasteiger partial charge in [-0.1, -0.05) is 30.3 Å². The molecular weight excluding hydrogens is 466 g/mol. The molecule has 0 saturated carbocycles. The lowest BCUT2D eigenvalue weighted by atomic mass is 9.88. The fourth-order valence-corrected chi connectivity index (χ4v) is 5.25. The molecule has 1 amide bonds. The summed E-state index contributed by atoms with van der Waals surface area (Å²) in [5, 5.41) is 11.5. The molecule has 6 heteroatoms. The molecular formula is C31H31NO5. The predicted octanol–water partition coefficient (Wildman–Crippen LogP) is 5.99. The molecule has 1 fully saturated rings. The maximum absolute atomic E-state index is 13.5. The maximum atomic E-state index is 13.5. The van der Waals surface area contributed by atoms with E-state index < -0.39 is 17.7 Å². The Morgan fingerprint density at radius 3 is 2.30 bits per heavy atom. The summed E-state index contributed by atoms with van der Waals surface area (Å²) in [6, 6.07) is 19.4. The molecule has 1 unspecified atom stereocenters. The van der Waals surface area contributed by atoms with E-state index in [-0.39, 0.29) is 11.3 Å². The number of hydrogen-bond donors (Lipinski definition) is 1. The summed E-state index contributed by atoms with van der Waals surface area (Å²) in [6.07, 6.45) is 4.21. The Morgan fingerprint density at radius 1 is 0.865 bits per heavy atom. The van der Waals surface area contributed by atoms with E-state index in [0.717, 1.165) is 25.7 Å². The number of aliphatic hydroxyl groups is 1. The minimum absolute atomic E-state index is 0.0757. The Labute approximate surface area is 217 Å². The van der Waals surface area contributed by atoms with Gasteiger partial charge in [0.05, 0.1) is 24.8 Å². The number of aryl methyl sites for hydroxylation is 2. The zero-order chi connectivity index (χ0) is 25.9. The van der Waals surface area contributed by atoms with Crippen LogP contribution in [0.3, 0.4) is 0 Å². The number of hydrogen-bond acceptors (Lipinski definition) is 5. The van der Waals surface area contributed by atoms with E-state index in [1.54, 1.807) is 18.2 Å². The monoisotopic (exact) mass is 497 g/mol. The first-order valence-corrected chi connectivity index (χ1v) is 12.9. The van der Waals surface area contributed by atoms with Gasteiger partial charge in [-0.3, -0.25) is 14.5 Å². The molecule has 1 saturated heterocycles. The largest absolute Gasteiger partial charge is 0.507 e. The smallest absolute Gasteiger partial charge is 0.300 e. The number of ketones is 1. The molecule has 5 rings (SSSR count). The van der Waals surface area contributed by atoms with Crippen LogP contribution in [0.2, 0.25) is 0 Å². The Morgan fingerprint density at radius 2 is 1.57 bits per heavy atom. The van der Waals surface area contributed by atoms with Crippen molar-refractivity contribution < 1.29 is 24.2 Å². The molecule has 0 bridgehead atoms. The van der Waals surface area contributed by atoms with E-state index >= 15 is 0 Å². The van der Waals surface area contributed by atoms with Gasteiger partial charge in [0, 0.05) is 17.3 Å². The average molecular weight is 498 g/mol. The molecule has 1 N–H and O–H groups in total. The van der Waals surface area contributed by atoms with Crippen LogP contribution in [0, 0.1) is 0 Å². The summed E-state index contributed by atoms with van der Waals surface area (Å²) in [4.78, 5) is 28.4. The highest BCUT2D eigenvalue weighted by Gasteiger charge is 2.47. The molecule has 0 spiro atoms. The van der Waals surface area contributed by atoms with Crippen LogP contribution in [0.4, 0.5) is 5.69 Å². The van der Waals surface area contributed by atoms with Gasteiger partial charge in [-0.15, -0.1) is 0 Å². The number of benzene rings is 3. The van der Waals surface area contributed by atoms with Crippen LogP contribution in [0.25, 0.3) is 5.76 Å². The number of rotatable bonds is 7. The van der Waals surface area contributed by atoms with Crippen molar-refractivity contribution in [2.24, 2.45) is 0 Å². The maximum Gasteiger partial charge on any atom is 0.300 e. The molecule has 190 valence electrons. The first-order chi connectivity index (χ1) is 18.0. The second kappa shape index (κ2) is 10.5. The van der Waals surface area contributed by atoms with Crippen molar-refractivity contribution in [3.8, 4) is 11.5 Å². The number of carbonyl (C=O) groups excluding carboxylic acids is 2. The van der Waals surface area contributed by atoms with Crippen LogP contribution in [-0.2, 0) is 22.4 Å². The fraction of sp³-hybridized carbons (Fsp3) is 0.290. The molecule has 0 radical (unpaired) electrons. The number of nitrogens with zero attached hydrogens (tertiary/aromatic N) is 1.